The normalized spacial score (nSPS) is 15.7. The molecule has 0 N–H and O–H groups in total. The molecule has 32 heavy (non-hydrogen) atoms. The lowest BCUT2D eigenvalue weighted by Crippen LogP contribution is -2.57. The molecule has 1 aromatic heterocycles. The van der Waals surface area contributed by atoms with Gasteiger partial charge >= 0.3 is 6.03 Å². The first-order chi connectivity index (χ1) is 15.5. The van der Waals surface area contributed by atoms with Crippen LogP contribution in [0.3, 0.4) is 0 Å². The zero-order valence-electron chi connectivity index (χ0n) is 17.3. The van der Waals surface area contributed by atoms with E-state index in [0.717, 1.165) is 20.0 Å². The van der Waals surface area contributed by atoms with Crippen LogP contribution in [0.1, 0.15) is 5.69 Å². The van der Waals surface area contributed by atoms with Crippen LogP contribution in [0.4, 0.5) is 10.5 Å². The van der Waals surface area contributed by atoms with Gasteiger partial charge in [-0.1, -0.05) is 40.2 Å². The Morgan fingerprint density at radius 2 is 1.66 bits per heavy atom. The summed E-state index contributed by atoms with van der Waals surface area (Å²) in [7, 11) is 1.49. The van der Waals surface area contributed by atoms with Crippen LogP contribution in [0.2, 0.25) is 0 Å². The van der Waals surface area contributed by atoms with E-state index in [0.29, 0.717) is 11.4 Å². The molecule has 4 rings (SSSR count). The zero-order valence-corrected chi connectivity index (χ0v) is 18.9. The van der Waals surface area contributed by atoms with Crippen molar-refractivity contribution in [1.82, 2.24) is 9.47 Å². The number of carbonyl (C=O) groups excluding carboxylic acids is 3. The molecular formula is C24H20BrN3O4. The number of aromatic nitrogens is 1. The van der Waals surface area contributed by atoms with Gasteiger partial charge in [-0.3, -0.25) is 14.5 Å². The van der Waals surface area contributed by atoms with Gasteiger partial charge in [0.25, 0.3) is 11.8 Å². The molecule has 0 unspecified atom stereocenters. The molecule has 8 heteroatoms. The van der Waals surface area contributed by atoms with E-state index in [1.807, 2.05) is 41.1 Å². The number of imide groups is 2. The van der Waals surface area contributed by atoms with E-state index in [9.17, 15) is 14.4 Å². The number of para-hydroxylation sites is 1. The first-order valence-corrected chi connectivity index (χ1v) is 10.7. The lowest BCUT2D eigenvalue weighted by atomic mass is 10.1. The van der Waals surface area contributed by atoms with E-state index in [1.54, 1.807) is 36.4 Å². The Kier molecular flexibility index (Phi) is 6.34. The summed E-state index contributed by atoms with van der Waals surface area (Å²) in [6.45, 7) is 0.199. The van der Waals surface area contributed by atoms with E-state index in [4.69, 9.17) is 4.74 Å². The SMILES string of the molecule is COCCN1C(=O)C(=Cc2cccn2-c2cccc(Br)c2)C(=O)N(c2ccccc2)C1=O. The van der Waals surface area contributed by atoms with Crippen LogP contribution < -0.4 is 4.90 Å². The van der Waals surface area contributed by atoms with Crippen LogP contribution in [-0.4, -0.2) is 47.6 Å². The summed E-state index contributed by atoms with van der Waals surface area (Å²) < 4.78 is 7.82. The largest absolute Gasteiger partial charge is 0.383 e. The maximum Gasteiger partial charge on any atom is 0.338 e. The van der Waals surface area contributed by atoms with Gasteiger partial charge in [0.2, 0.25) is 0 Å². The van der Waals surface area contributed by atoms with Gasteiger partial charge in [-0.05, 0) is 48.5 Å². The molecule has 1 saturated heterocycles. The molecule has 3 aromatic rings. The average Bonchev–Trinajstić information content (AvgIpc) is 3.26. The Labute approximate surface area is 193 Å². The fourth-order valence-corrected chi connectivity index (χ4v) is 3.87. The second kappa shape index (κ2) is 9.33. The number of ether oxygens (including phenoxy) is 1. The highest BCUT2D eigenvalue weighted by molar-refractivity contribution is 9.10. The first-order valence-electron chi connectivity index (χ1n) is 9.90. The third-order valence-electron chi connectivity index (χ3n) is 5.02. The zero-order chi connectivity index (χ0) is 22.7. The number of hydrogen-bond acceptors (Lipinski definition) is 4. The van der Waals surface area contributed by atoms with Crippen molar-refractivity contribution in [2.75, 3.05) is 25.2 Å². The summed E-state index contributed by atoms with van der Waals surface area (Å²) >= 11 is 3.46. The minimum Gasteiger partial charge on any atom is -0.383 e. The lowest BCUT2D eigenvalue weighted by Gasteiger charge is -2.33. The second-order valence-electron chi connectivity index (χ2n) is 7.05. The molecule has 0 aliphatic carbocycles. The first kappa shape index (κ1) is 21.7. The maximum absolute atomic E-state index is 13.3. The van der Waals surface area contributed by atoms with Crippen molar-refractivity contribution < 1.29 is 19.1 Å². The third kappa shape index (κ3) is 4.15. The van der Waals surface area contributed by atoms with Crippen LogP contribution in [0.15, 0.2) is 83.0 Å². The number of anilines is 1. The molecule has 0 spiro atoms. The standard InChI is InChI=1S/C24H20BrN3O4/c1-32-14-13-27-22(29)21(23(30)28(24(27)31)18-8-3-2-4-9-18)16-20-11-6-12-26(20)19-10-5-7-17(25)15-19/h2-12,15-16H,13-14H2,1H3. The van der Waals surface area contributed by atoms with Crippen molar-refractivity contribution >= 4 is 45.5 Å². The molecule has 0 radical (unpaired) electrons. The summed E-state index contributed by atoms with van der Waals surface area (Å²) in [4.78, 5) is 41.6. The lowest BCUT2D eigenvalue weighted by molar-refractivity contribution is -0.129. The Hall–Kier alpha value is -3.49. The quantitative estimate of drug-likeness (QED) is 0.379. The van der Waals surface area contributed by atoms with Crippen molar-refractivity contribution in [3.05, 3.63) is 88.7 Å². The Bertz CT molecular complexity index is 1200. The number of carbonyl (C=O) groups is 3. The smallest absolute Gasteiger partial charge is 0.338 e. The maximum atomic E-state index is 13.3. The molecule has 2 aromatic carbocycles. The van der Waals surface area contributed by atoms with Gasteiger partial charge in [-0.15, -0.1) is 0 Å². The monoisotopic (exact) mass is 493 g/mol. The Morgan fingerprint density at radius 3 is 2.38 bits per heavy atom. The number of amides is 4. The summed E-state index contributed by atoms with van der Waals surface area (Å²) in [5.74, 6) is -1.31. The summed E-state index contributed by atoms with van der Waals surface area (Å²) in [6, 6.07) is 19.2. The number of rotatable bonds is 6. The van der Waals surface area contributed by atoms with Gasteiger partial charge < -0.3 is 9.30 Å². The number of nitrogens with zero attached hydrogens (tertiary/aromatic N) is 3. The van der Waals surface area contributed by atoms with Gasteiger partial charge in [0, 0.05) is 29.2 Å². The van der Waals surface area contributed by atoms with Crippen LogP contribution >= 0.6 is 15.9 Å². The fourth-order valence-electron chi connectivity index (χ4n) is 3.48. The molecule has 0 atom stereocenters. The van der Waals surface area contributed by atoms with Crippen molar-refractivity contribution in [2.24, 2.45) is 0 Å². The number of benzene rings is 2. The van der Waals surface area contributed by atoms with Crippen molar-refractivity contribution in [1.29, 1.82) is 0 Å². The van der Waals surface area contributed by atoms with E-state index < -0.39 is 17.8 Å². The van der Waals surface area contributed by atoms with E-state index >= 15 is 0 Å². The highest BCUT2D eigenvalue weighted by Gasteiger charge is 2.42. The Morgan fingerprint density at radius 1 is 0.906 bits per heavy atom. The summed E-state index contributed by atoms with van der Waals surface area (Å²) in [6.07, 6.45) is 3.36. The van der Waals surface area contributed by atoms with E-state index in [1.165, 1.54) is 13.2 Å². The molecule has 1 aliphatic rings. The van der Waals surface area contributed by atoms with Crippen LogP contribution in [0, 0.1) is 0 Å². The van der Waals surface area contributed by atoms with E-state index in [-0.39, 0.29) is 18.7 Å². The van der Waals surface area contributed by atoms with Crippen LogP contribution in [0.5, 0.6) is 0 Å². The predicted molar refractivity (Wildman–Crippen MR) is 124 cm³/mol. The molecule has 0 bridgehead atoms. The van der Waals surface area contributed by atoms with Crippen LogP contribution in [0.25, 0.3) is 11.8 Å². The third-order valence-corrected chi connectivity index (χ3v) is 5.52. The number of halogens is 1. The second-order valence-corrected chi connectivity index (χ2v) is 7.96. The van der Waals surface area contributed by atoms with Gasteiger partial charge in [-0.2, -0.15) is 0 Å². The minimum absolute atomic E-state index is 0.0365. The minimum atomic E-state index is -0.692. The number of methoxy groups -OCH3 is 1. The highest BCUT2D eigenvalue weighted by atomic mass is 79.9. The van der Waals surface area contributed by atoms with Gasteiger partial charge in [0.05, 0.1) is 18.8 Å². The summed E-state index contributed by atoms with van der Waals surface area (Å²) in [5, 5.41) is 0. The van der Waals surface area contributed by atoms with E-state index in [2.05, 4.69) is 15.9 Å². The van der Waals surface area contributed by atoms with Gasteiger partial charge in [0.1, 0.15) is 5.57 Å². The van der Waals surface area contributed by atoms with Gasteiger partial charge in [0.15, 0.2) is 0 Å². The highest BCUT2D eigenvalue weighted by Crippen LogP contribution is 2.27. The fraction of sp³-hybridized carbons (Fsp3) is 0.125. The average molecular weight is 494 g/mol. The molecule has 162 valence electrons. The predicted octanol–water partition coefficient (Wildman–Crippen LogP) is 4.27. The molecule has 7 nitrogen and oxygen atoms in total. The number of barbiturate groups is 1. The van der Waals surface area contributed by atoms with Crippen molar-refractivity contribution in [3.63, 3.8) is 0 Å². The molecule has 0 saturated carbocycles. The van der Waals surface area contributed by atoms with Gasteiger partial charge in [-0.25, -0.2) is 9.69 Å². The molecule has 4 amide bonds. The summed E-state index contributed by atoms with van der Waals surface area (Å²) in [5.41, 5.74) is 1.79. The topological polar surface area (TPSA) is 71.8 Å². The van der Waals surface area contributed by atoms with Crippen molar-refractivity contribution in [2.45, 2.75) is 0 Å². The molecule has 2 heterocycles. The molecule has 1 aliphatic heterocycles. The van der Waals surface area contributed by atoms with Crippen LogP contribution in [-0.2, 0) is 14.3 Å². The molecular weight excluding hydrogens is 474 g/mol. The number of urea groups is 1. The van der Waals surface area contributed by atoms with Crippen molar-refractivity contribution in [3.8, 4) is 5.69 Å². The number of hydrogen-bond donors (Lipinski definition) is 0. The molecule has 1 fully saturated rings. The Balaban J connectivity index is 1.80.